The summed E-state index contributed by atoms with van der Waals surface area (Å²) in [5, 5.41) is 3.89. The smallest absolute Gasteiger partial charge is 0.173 e. The summed E-state index contributed by atoms with van der Waals surface area (Å²) < 4.78 is 18.5. The first-order chi connectivity index (χ1) is 11.9. The number of fused-ring (bicyclic) bond motifs is 2. The molecule has 0 amide bonds. The summed E-state index contributed by atoms with van der Waals surface area (Å²) in [6.07, 6.45) is 3.57. The van der Waals surface area contributed by atoms with E-state index in [0.717, 1.165) is 17.7 Å². The molecule has 2 aliphatic rings. The van der Waals surface area contributed by atoms with Gasteiger partial charge in [0, 0.05) is 22.5 Å². The topological polar surface area (TPSA) is 60.2 Å². The van der Waals surface area contributed by atoms with Gasteiger partial charge in [0.05, 0.1) is 12.1 Å². The van der Waals surface area contributed by atoms with Crippen molar-refractivity contribution in [1.29, 1.82) is 0 Å². The molecule has 0 bridgehead atoms. The predicted molar refractivity (Wildman–Crippen MR) is 88.7 cm³/mol. The van der Waals surface area contributed by atoms with Gasteiger partial charge in [-0.15, -0.1) is 0 Å². The molecule has 4 rings (SSSR count). The highest BCUT2D eigenvalue weighted by atomic mass is 19.1. The third-order valence-corrected chi connectivity index (χ3v) is 6.16. The van der Waals surface area contributed by atoms with Crippen LogP contribution >= 0.6 is 0 Å². The van der Waals surface area contributed by atoms with E-state index in [1.807, 2.05) is 6.92 Å². The molecule has 130 valence electrons. The number of Topliss-reactive ketones (excluding diaryl/α,β-unsaturated/α-hetero) is 2. The summed E-state index contributed by atoms with van der Waals surface area (Å²) in [5.74, 6) is -0.108. The Morgan fingerprint density at radius 1 is 1.28 bits per heavy atom. The van der Waals surface area contributed by atoms with Crippen molar-refractivity contribution in [2.45, 2.75) is 39.0 Å². The van der Waals surface area contributed by atoms with Crippen LogP contribution in [0.3, 0.4) is 0 Å². The number of rotatable bonds is 2. The Hall–Kier alpha value is -2.30. The summed E-state index contributed by atoms with van der Waals surface area (Å²) in [6, 6.07) is 5.44. The van der Waals surface area contributed by atoms with Crippen LogP contribution in [0.15, 0.2) is 35.0 Å². The van der Waals surface area contributed by atoms with Crippen LogP contribution in [0.1, 0.15) is 54.3 Å². The fourth-order valence-electron chi connectivity index (χ4n) is 4.82. The van der Waals surface area contributed by atoms with Crippen LogP contribution in [0.4, 0.5) is 4.39 Å². The number of nitrogens with zero attached hydrogens (tertiary/aromatic N) is 1. The zero-order chi connectivity index (χ0) is 17.8. The van der Waals surface area contributed by atoms with Gasteiger partial charge in [0.1, 0.15) is 17.4 Å². The fraction of sp³-hybridized carbons (Fsp3) is 0.450. The van der Waals surface area contributed by atoms with Gasteiger partial charge < -0.3 is 4.52 Å². The molecule has 25 heavy (non-hydrogen) atoms. The summed E-state index contributed by atoms with van der Waals surface area (Å²) >= 11 is 0. The average Bonchev–Trinajstić information content (AvgIpc) is 3.05. The molecule has 0 aliphatic heterocycles. The highest BCUT2D eigenvalue weighted by Crippen LogP contribution is 2.54. The van der Waals surface area contributed by atoms with Crippen LogP contribution in [0.25, 0.3) is 0 Å². The van der Waals surface area contributed by atoms with Crippen LogP contribution < -0.4 is 0 Å². The SMILES string of the molecule is C[C@H]1c2oncc2C[C@@]2(C)C(=O)C(C(=O)c3ccc(F)cc3)CC[C@H]12. The van der Waals surface area contributed by atoms with Crippen molar-refractivity contribution in [3.63, 3.8) is 0 Å². The maximum Gasteiger partial charge on any atom is 0.173 e. The molecule has 5 heteroatoms. The zero-order valence-electron chi connectivity index (χ0n) is 14.3. The van der Waals surface area contributed by atoms with Crippen LogP contribution in [0, 0.1) is 23.1 Å². The lowest BCUT2D eigenvalue weighted by Gasteiger charge is -2.47. The quantitative estimate of drug-likeness (QED) is 0.613. The fourth-order valence-corrected chi connectivity index (χ4v) is 4.82. The normalized spacial score (nSPS) is 31.3. The van der Waals surface area contributed by atoms with Gasteiger partial charge in [0.2, 0.25) is 0 Å². The van der Waals surface area contributed by atoms with E-state index in [-0.39, 0.29) is 29.2 Å². The number of aromatic nitrogens is 1. The first-order valence-electron chi connectivity index (χ1n) is 8.69. The second kappa shape index (κ2) is 5.61. The molecule has 0 N–H and O–H groups in total. The first kappa shape index (κ1) is 16.2. The number of hydrogen-bond acceptors (Lipinski definition) is 4. The van der Waals surface area contributed by atoms with Crippen molar-refractivity contribution in [1.82, 2.24) is 5.16 Å². The molecular weight excluding hydrogens is 321 g/mol. The maximum atomic E-state index is 13.3. The summed E-state index contributed by atoms with van der Waals surface area (Å²) in [7, 11) is 0. The molecule has 1 aromatic carbocycles. The van der Waals surface area contributed by atoms with E-state index < -0.39 is 11.3 Å². The summed E-state index contributed by atoms with van der Waals surface area (Å²) in [4.78, 5) is 26.1. The van der Waals surface area contributed by atoms with Crippen LogP contribution in [0.2, 0.25) is 0 Å². The van der Waals surface area contributed by atoms with Crippen molar-refractivity contribution in [3.05, 3.63) is 53.2 Å². The number of benzene rings is 1. The predicted octanol–water partition coefficient (Wildman–Crippen LogP) is 3.96. The minimum atomic E-state index is -0.652. The lowest BCUT2D eigenvalue weighted by molar-refractivity contribution is -0.139. The van der Waals surface area contributed by atoms with Crippen LogP contribution in [-0.4, -0.2) is 16.7 Å². The number of halogens is 1. The lowest BCUT2D eigenvalue weighted by atomic mass is 9.53. The number of ketones is 2. The van der Waals surface area contributed by atoms with E-state index in [1.165, 1.54) is 24.3 Å². The second-order valence-corrected chi connectivity index (χ2v) is 7.57. The molecule has 1 aromatic heterocycles. The van der Waals surface area contributed by atoms with Gasteiger partial charge in [0.15, 0.2) is 5.78 Å². The Kier molecular flexibility index (Phi) is 3.63. The molecule has 4 nitrogen and oxygen atoms in total. The number of hydrogen-bond donors (Lipinski definition) is 0. The lowest BCUT2D eigenvalue weighted by Crippen LogP contribution is -2.51. The van der Waals surface area contributed by atoms with Gasteiger partial charge >= 0.3 is 0 Å². The van der Waals surface area contributed by atoms with E-state index in [0.29, 0.717) is 18.4 Å². The molecule has 0 saturated heterocycles. The van der Waals surface area contributed by atoms with Gasteiger partial charge in [-0.05, 0) is 49.4 Å². The van der Waals surface area contributed by atoms with Crippen molar-refractivity contribution < 1.29 is 18.5 Å². The maximum absolute atomic E-state index is 13.3. The third kappa shape index (κ3) is 2.36. The monoisotopic (exact) mass is 341 g/mol. The minimum absolute atomic E-state index is 0.00299. The first-order valence-corrected chi connectivity index (χ1v) is 8.69. The van der Waals surface area contributed by atoms with Crippen molar-refractivity contribution in [3.8, 4) is 0 Å². The molecule has 1 heterocycles. The van der Waals surface area contributed by atoms with Gasteiger partial charge in [-0.1, -0.05) is 19.0 Å². The molecular formula is C20H20FNO3. The molecule has 2 aliphatic carbocycles. The Morgan fingerprint density at radius 2 is 2.00 bits per heavy atom. The van der Waals surface area contributed by atoms with E-state index in [1.54, 1.807) is 6.20 Å². The number of carbonyl (C=O) groups excluding carboxylic acids is 2. The highest BCUT2D eigenvalue weighted by molar-refractivity contribution is 6.12. The van der Waals surface area contributed by atoms with Gasteiger partial charge in [0.25, 0.3) is 0 Å². The van der Waals surface area contributed by atoms with Gasteiger partial charge in [-0.3, -0.25) is 9.59 Å². The van der Waals surface area contributed by atoms with Crippen molar-refractivity contribution in [2.75, 3.05) is 0 Å². The number of carbonyl (C=O) groups is 2. The van der Waals surface area contributed by atoms with E-state index >= 15 is 0 Å². The molecule has 1 unspecified atom stereocenters. The Morgan fingerprint density at radius 3 is 2.72 bits per heavy atom. The molecule has 0 spiro atoms. The van der Waals surface area contributed by atoms with Crippen LogP contribution in [0.5, 0.6) is 0 Å². The molecule has 0 radical (unpaired) electrons. The Bertz CT molecular complexity index is 841. The highest BCUT2D eigenvalue weighted by Gasteiger charge is 2.55. The van der Waals surface area contributed by atoms with E-state index in [9.17, 15) is 14.0 Å². The third-order valence-electron chi connectivity index (χ3n) is 6.16. The summed E-state index contributed by atoms with van der Waals surface area (Å²) in [6.45, 7) is 4.04. The standard InChI is InChI=1S/C20H20FNO3/c1-11-16-8-7-15(17(23)12-3-5-14(21)6-4-12)19(24)20(16,2)9-13-10-22-25-18(11)13/h3-6,10-11,15-16H,7-9H2,1-2H3/t11-,15?,16-,20-/m1/s1. The summed E-state index contributed by atoms with van der Waals surface area (Å²) in [5.41, 5.74) is 0.780. The van der Waals surface area contributed by atoms with E-state index in [2.05, 4.69) is 12.1 Å². The van der Waals surface area contributed by atoms with Crippen molar-refractivity contribution >= 4 is 11.6 Å². The molecule has 1 fully saturated rings. The van der Waals surface area contributed by atoms with Crippen molar-refractivity contribution in [2.24, 2.45) is 17.3 Å². The van der Waals surface area contributed by atoms with Gasteiger partial charge in [-0.2, -0.15) is 0 Å². The van der Waals surface area contributed by atoms with Gasteiger partial charge in [-0.25, -0.2) is 4.39 Å². The molecule has 1 saturated carbocycles. The zero-order valence-corrected chi connectivity index (χ0v) is 14.3. The average molecular weight is 341 g/mol. The van der Waals surface area contributed by atoms with Crippen LogP contribution in [-0.2, 0) is 11.2 Å². The molecule has 4 atom stereocenters. The Balaban J connectivity index is 1.66. The van der Waals surface area contributed by atoms with E-state index in [4.69, 9.17) is 4.52 Å². The largest absolute Gasteiger partial charge is 0.361 e. The Labute approximate surface area is 145 Å². The molecule has 2 aromatic rings. The second-order valence-electron chi connectivity index (χ2n) is 7.57. The minimum Gasteiger partial charge on any atom is -0.361 e.